The fraction of sp³-hybridized carbons (Fsp3) is 0.273. The average Bonchev–Trinajstić information content (AvgIpc) is 3.23. The quantitative estimate of drug-likeness (QED) is 0.354. The second kappa shape index (κ2) is 10.6. The van der Waals surface area contributed by atoms with E-state index in [1.165, 1.54) is 30.3 Å². The molecule has 0 fully saturated rings. The van der Waals surface area contributed by atoms with E-state index in [-0.39, 0.29) is 11.3 Å². The van der Waals surface area contributed by atoms with Crippen molar-refractivity contribution in [3.05, 3.63) is 57.0 Å². The molecule has 0 spiro atoms. The molecule has 33 heavy (non-hydrogen) atoms. The van der Waals surface area contributed by atoms with Gasteiger partial charge in [-0.3, -0.25) is 30.6 Å². The molecule has 0 aliphatic carbocycles. The summed E-state index contributed by atoms with van der Waals surface area (Å²) in [4.78, 5) is 36.0. The zero-order chi connectivity index (χ0) is 24.0. The van der Waals surface area contributed by atoms with E-state index in [1.807, 2.05) is 20.8 Å². The highest BCUT2D eigenvalue weighted by atomic mass is 32.1. The van der Waals surface area contributed by atoms with Crippen molar-refractivity contribution in [3.63, 3.8) is 0 Å². The Morgan fingerprint density at radius 2 is 1.52 bits per heavy atom. The summed E-state index contributed by atoms with van der Waals surface area (Å²) in [6.45, 7) is 6.55. The molecule has 0 radical (unpaired) electrons. The van der Waals surface area contributed by atoms with Crippen molar-refractivity contribution in [2.24, 2.45) is 0 Å². The van der Waals surface area contributed by atoms with E-state index in [4.69, 9.17) is 14.2 Å². The van der Waals surface area contributed by atoms with Crippen LogP contribution in [0.3, 0.4) is 0 Å². The van der Waals surface area contributed by atoms with Gasteiger partial charge in [0.15, 0.2) is 11.5 Å². The second-order valence-corrected chi connectivity index (χ2v) is 7.68. The van der Waals surface area contributed by atoms with Crippen LogP contribution in [0.1, 0.15) is 40.8 Å². The average molecular weight is 474 g/mol. The fourth-order valence-corrected chi connectivity index (χ4v) is 3.96. The Hall–Kier alpha value is -3.86. The molecule has 0 saturated heterocycles. The van der Waals surface area contributed by atoms with Crippen LogP contribution in [-0.2, 0) is 0 Å². The van der Waals surface area contributed by atoms with E-state index < -0.39 is 16.7 Å². The number of hydrogen-bond acceptors (Lipinski definition) is 8. The topological polar surface area (TPSA) is 129 Å². The lowest BCUT2D eigenvalue weighted by molar-refractivity contribution is -0.384. The van der Waals surface area contributed by atoms with Crippen molar-refractivity contribution in [2.45, 2.75) is 20.8 Å². The molecule has 0 bridgehead atoms. The molecule has 3 aromatic rings. The molecule has 11 heteroatoms. The highest BCUT2D eigenvalue weighted by Crippen LogP contribution is 2.39. The Morgan fingerprint density at radius 1 is 0.909 bits per heavy atom. The molecule has 2 amide bonds. The number of ether oxygens (including phenoxy) is 3. The van der Waals surface area contributed by atoms with Crippen molar-refractivity contribution in [1.29, 1.82) is 0 Å². The lowest BCUT2D eigenvalue weighted by atomic mass is 10.1. The first kappa shape index (κ1) is 23.8. The van der Waals surface area contributed by atoms with Crippen molar-refractivity contribution >= 4 is 38.9 Å². The Balaban J connectivity index is 1.77. The maximum atomic E-state index is 12.7. The van der Waals surface area contributed by atoms with E-state index in [2.05, 4.69) is 10.9 Å². The molecular weight excluding hydrogens is 450 g/mol. The number of hydrazine groups is 1. The van der Waals surface area contributed by atoms with Crippen molar-refractivity contribution in [3.8, 4) is 17.2 Å². The number of nitro benzene ring substituents is 1. The molecule has 0 unspecified atom stereocenters. The normalized spacial score (nSPS) is 10.5. The number of fused-ring (bicyclic) bond motifs is 1. The van der Waals surface area contributed by atoms with Gasteiger partial charge in [-0.2, -0.15) is 0 Å². The summed E-state index contributed by atoms with van der Waals surface area (Å²) in [5.74, 6) is -0.0137. The molecule has 174 valence electrons. The first-order chi connectivity index (χ1) is 15.9. The minimum atomic E-state index is -0.579. The van der Waals surface area contributed by atoms with E-state index >= 15 is 0 Å². The minimum Gasteiger partial charge on any atom is -0.490 e. The number of carbonyl (C=O) groups is 2. The van der Waals surface area contributed by atoms with Gasteiger partial charge in [-0.25, -0.2) is 0 Å². The molecule has 2 aromatic carbocycles. The minimum absolute atomic E-state index is 0.0636. The number of amides is 2. The number of nitrogens with zero attached hydrogens (tertiary/aromatic N) is 1. The Bertz CT molecular complexity index is 1160. The molecule has 0 saturated carbocycles. The molecule has 2 N–H and O–H groups in total. The van der Waals surface area contributed by atoms with Gasteiger partial charge in [0.05, 0.1) is 29.6 Å². The molecule has 3 rings (SSSR count). The zero-order valence-corrected chi connectivity index (χ0v) is 19.1. The SMILES string of the molecule is CCOc1cc(C(=O)NNC(=O)c2cc3cc([N+](=O)[O-])ccc3s2)cc(OCC)c1OCC. The summed E-state index contributed by atoms with van der Waals surface area (Å²) in [5.41, 5.74) is 4.88. The van der Waals surface area contributed by atoms with Crippen LogP contribution in [0.4, 0.5) is 5.69 Å². The van der Waals surface area contributed by atoms with Crippen LogP contribution < -0.4 is 25.1 Å². The van der Waals surface area contributed by atoms with Crippen LogP contribution in [0.2, 0.25) is 0 Å². The molecule has 1 aromatic heterocycles. The number of nitro groups is 1. The van der Waals surface area contributed by atoms with Crippen molar-refractivity contribution in [2.75, 3.05) is 19.8 Å². The third kappa shape index (κ3) is 5.50. The summed E-state index contributed by atoms with van der Waals surface area (Å²) in [6.07, 6.45) is 0. The van der Waals surface area contributed by atoms with Crippen LogP contribution in [0, 0.1) is 10.1 Å². The maximum absolute atomic E-state index is 12.7. The molecule has 0 atom stereocenters. The van der Waals surface area contributed by atoms with E-state index in [0.29, 0.717) is 52.0 Å². The highest BCUT2D eigenvalue weighted by molar-refractivity contribution is 7.20. The van der Waals surface area contributed by atoms with Gasteiger partial charge in [0, 0.05) is 27.8 Å². The lowest BCUT2D eigenvalue weighted by Gasteiger charge is -2.17. The first-order valence-corrected chi connectivity index (χ1v) is 11.0. The van der Waals surface area contributed by atoms with Crippen LogP contribution in [0.25, 0.3) is 10.1 Å². The number of benzene rings is 2. The number of non-ortho nitro benzene ring substituents is 1. The van der Waals surface area contributed by atoms with Gasteiger partial charge < -0.3 is 14.2 Å². The summed E-state index contributed by atoms with van der Waals surface area (Å²) in [5, 5.41) is 11.5. The van der Waals surface area contributed by atoms with Gasteiger partial charge in [0.2, 0.25) is 5.75 Å². The standard InChI is InChI=1S/C22H23N3O7S/c1-4-30-16-10-14(11-17(31-5-2)20(16)32-6-3)21(26)23-24-22(27)19-12-13-9-15(25(28)29)7-8-18(13)33-19/h7-12H,4-6H2,1-3H3,(H,23,26)(H,24,27). The number of thiophene rings is 1. The van der Waals surface area contributed by atoms with Crippen LogP contribution in [0.15, 0.2) is 36.4 Å². The fourth-order valence-electron chi connectivity index (χ4n) is 3.02. The predicted molar refractivity (Wildman–Crippen MR) is 123 cm³/mol. The number of hydrogen-bond donors (Lipinski definition) is 2. The maximum Gasteiger partial charge on any atom is 0.279 e. The van der Waals surface area contributed by atoms with Gasteiger partial charge in [-0.1, -0.05) is 0 Å². The van der Waals surface area contributed by atoms with Gasteiger partial charge in [-0.15, -0.1) is 11.3 Å². The second-order valence-electron chi connectivity index (χ2n) is 6.60. The van der Waals surface area contributed by atoms with E-state index in [9.17, 15) is 19.7 Å². The monoisotopic (exact) mass is 473 g/mol. The Morgan fingerprint density at radius 3 is 2.09 bits per heavy atom. The molecule has 0 aliphatic rings. The zero-order valence-electron chi connectivity index (χ0n) is 18.3. The molecule has 10 nitrogen and oxygen atoms in total. The Labute approximate surface area is 193 Å². The first-order valence-electron chi connectivity index (χ1n) is 10.2. The summed E-state index contributed by atoms with van der Waals surface area (Å²) in [6, 6.07) is 8.91. The van der Waals surface area contributed by atoms with Gasteiger partial charge >= 0.3 is 0 Å². The van der Waals surface area contributed by atoms with Gasteiger partial charge in [0.1, 0.15) is 0 Å². The smallest absolute Gasteiger partial charge is 0.279 e. The van der Waals surface area contributed by atoms with Crippen LogP contribution >= 0.6 is 11.3 Å². The van der Waals surface area contributed by atoms with E-state index in [1.54, 1.807) is 6.07 Å². The summed E-state index contributed by atoms with van der Waals surface area (Å²) < 4.78 is 17.5. The number of carbonyl (C=O) groups excluding carboxylic acids is 2. The Kier molecular flexibility index (Phi) is 7.67. The van der Waals surface area contributed by atoms with Gasteiger partial charge in [0.25, 0.3) is 17.5 Å². The summed E-state index contributed by atoms with van der Waals surface area (Å²) >= 11 is 1.16. The van der Waals surface area contributed by atoms with Crippen LogP contribution in [-0.4, -0.2) is 36.6 Å². The third-order valence-corrected chi connectivity index (χ3v) is 5.51. The molecule has 0 aliphatic heterocycles. The van der Waals surface area contributed by atoms with E-state index in [0.717, 1.165) is 11.3 Å². The summed E-state index contributed by atoms with van der Waals surface area (Å²) in [7, 11) is 0. The third-order valence-electron chi connectivity index (χ3n) is 4.40. The molecule has 1 heterocycles. The van der Waals surface area contributed by atoms with Gasteiger partial charge in [-0.05, 0) is 45.0 Å². The van der Waals surface area contributed by atoms with Crippen LogP contribution in [0.5, 0.6) is 17.2 Å². The molecular formula is C22H23N3O7S. The highest BCUT2D eigenvalue weighted by Gasteiger charge is 2.19. The predicted octanol–water partition coefficient (Wildman–Crippen LogP) is 4.08. The number of rotatable bonds is 9. The van der Waals surface area contributed by atoms with Crippen molar-refractivity contribution < 1.29 is 28.7 Å². The number of nitrogens with one attached hydrogen (secondary N) is 2. The van der Waals surface area contributed by atoms with Crippen molar-refractivity contribution in [1.82, 2.24) is 10.9 Å². The lowest BCUT2D eigenvalue weighted by Crippen LogP contribution is -2.41. The largest absolute Gasteiger partial charge is 0.490 e.